The van der Waals surface area contributed by atoms with Crippen LogP contribution in [0.3, 0.4) is 0 Å². The molecule has 0 aliphatic carbocycles. The number of carboxylic acids is 1. The van der Waals surface area contributed by atoms with Gasteiger partial charge in [-0.1, -0.05) is 54.6 Å². The zero-order valence-corrected chi connectivity index (χ0v) is 29.9. The number of carbonyl (C=O) groups is 3. The predicted molar refractivity (Wildman–Crippen MR) is 187 cm³/mol. The van der Waals surface area contributed by atoms with E-state index in [4.69, 9.17) is 14.4 Å². The van der Waals surface area contributed by atoms with Gasteiger partial charge in [0.2, 0.25) is 0 Å². The molecule has 9 heteroatoms. The van der Waals surface area contributed by atoms with E-state index in [-0.39, 0.29) is 23.0 Å². The zero-order chi connectivity index (χ0) is 35.8. The molecule has 49 heavy (non-hydrogen) atoms. The van der Waals surface area contributed by atoms with E-state index in [2.05, 4.69) is 60.5 Å². The van der Waals surface area contributed by atoms with E-state index in [1.165, 1.54) is 12.1 Å². The summed E-state index contributed by atoms with van der Waals surface area (Å²) in [5, 5.41) is 13.5. The first-order chi connectivity index (χ1) is 22.9. The molecule has 0 amide bonds. The number of nitrogens with zero attached hydrogens (tertiary/aromatic N) is 2. The van der Waals surface area contributed by atoms with Crippen molar-refractivity contribution in [3.8, 4) is 0 Å². The molecule has 2 fully saturated rings. The quantitative estimate of drug-likeness (QED) is 0.227. The first kappa shape index (κ1) is 36.2. The Morgan fingerprint density at radius 1 is 0.673 bits per heavy atom. The van der Waals surface area contributed by atoms with Crippen molar-refractivity contribution in [3.63, 3.8) is 0 Å². The summed E-state index contributed by atoms with van der Waals surface area (Å²) in [6.07, 6.45) is 1.28. The van der Waals surface area contributed by atoms with Crippen molar-refractivity contribution >= 4 is 17.9 Å². The van der Waals surface area contributed by atoms with Crippen LogP contribution in [0.1, 0.15) is 111 Å². The van der Waals surface area contributed by atoms with Gasteiger partial charge in [-0.05, 0) is 110 Å². The molecule has 2 unspecified atom stereocenters. The third-order valence-corrected chi connectivity index (χ3v) is 10.1. The van der Waals surface area contributed by atoms with Gasteiger partial charge in [-0.2, -0.15) is 5.06 Å². The van der Waals surface area contributed by atoms with Gasteiger partial charge in [0.25, 0.3) is 0 Å². The number of piperidine rings is 2. The van der Waals surface area contributed by atoms with E-state index in [0.717, 1.165) is 5.56 Å². The standard InChI is InChI=1S/C40H50N2O7/c1-37(2)23-31(24-38(3,4)41(37)49-36(46)28-18-13-10-14-19-28)33-32(48-35(45)30-21-15-20-29(22-30)34(43)44)25-39(5,6)42(40(33,7)8)47-26-27-16-11-9-12-17-27/h9-22,31-33H,23-26H2,1-8H3,(H,43,44). The summed E-state index contributed by atoms with van der Waals surface area (Å²) in [6.45, 7) is 17.2. The van der Waals surface area contributed by atoms with Crippen LogP contribution in [0.4, 0.5) is 0 Å². The minimum atomic E-state index is -1.11. The van der Waals surface area contributed by atoms with Crippen LogP contribution in [0.15, 0.2) is 84.9 Å². The number of aromatic carboxylic acids is 1. The lowest BCUT2D eigenvalue weighted by atomic mass is 9.60. The van der Waals surface area contributed by atoms with Crippen molar-refractivity contribution < 1.29 is 33.9 Å². The fourth-order valence-corrected chi connectivity index (χ4v) is 8.66. The molecule has 2 aliphatic rings. The van der Waals surface area contributed by atoms with Crippen molar-refractivity contribution in [2.45, 2.75) is 110 Å². The van der Waals surface area contributed by atoms with Gasteiger partial charge >= 0.3 is 17.9 Å². The summed E-state index contributed by atoms with van der Waals surface area (Å²) in [5.74, 6) is -2.25. The number of esters is 1. The summed E-state index contributed by atoms with van der Waals surface area (Å²) in [6, 6.07) is 25.0. The zero-order valence-electron chi connectivity index (χ0n) is 29.9. The molecule has 0 aromatic heterocycles. The Morgan fingerprint density at radius 3 is 1.80 bits per heavy atom. The molecule has 0 spiro atoms. The number of hydrogen-bond acceptors (Lipinski definition) is 8. The molecule has 3 aromatic carbocycles. The molecule has 0 bridgehead atoms. The molecule has 2 atom stereocenters. The highest BCUT2D eigenvalue weighted by Gasteiger charge is 2.60. The van der Waals surface area contributed by atoms with Gasteiger partial charge < -0.3 is 14.7 Å². The lowest BCUT2D eigenvalue weighted by molar-refractivity contribution is -0.327. The van der Waals surface area contributed by atoms with Crippen molar-refractivity contribution in [2.75, 3.05) is 0 Å². The van der Waals surface area contributed by atoms with Gasteiger partial charge in [0, 0.05) is 23.4 Å². The predicted octanol–water partition coefficient (Wildman–Crippen LogP) is 7.96. The molecule has 262 valence electrons. The Kier molecular flexibility index (Phi) is 10.1. The van der Waals surface area contributed by atoms with E-state index < -0.39 is 46.2 Å². The minimum absolute atomic E-state index is 0.0220. The number of ether oxygens (including phenoxy) is 1. The van der Waals surface area contributed by atoms with Crippen LogP contribution in [-0.2, 0) is 21.0 Å². The van der Waals surface area contributed by atoms with Crippen molar-refractivity contribution in [1.82, 2.24) is 10.1 Å². The second-order valence-corrected chi connectivity index (χ2v) is 15.9. The van der Waals surface area contributed by atoms with Crippen LogP contribution in [0.5, 0.6) is 0 Å². The van der Waals surface area contributed by atoms with Crippen LogP contribution in [-0.4, -0.2) is 61.4 Å². The van der Waals surface area contributed by atoms with Crippen molar-refractivity contribution in [2.24, 2.45) is 11.8 Å². The Labute approximate surface area is 290 Å². The molecular weight excluding hydrogens is 620 g/mol. The maximum Gasteiger partial charge on any atom is 0.357 e. The van der Waals surface area contributed by atoms with Crippen molar-refractivity contribution in [1.29, 1.82) is 0 Å². The number of rotatable bonds is 9. The minimum Gasteiger partial charge on any atom is -0.478 e. The van der Waals surface area contributed by atoms with Gasteiger partial charge in [0.05, 0.1) is 34.4 Å². The topological polar surface area (TPSA) is 106 Å². The Hall–Kier alpha value is -4.05. The lowest BCUT2D eigenvalue weighted by Crippen LogP contribution is -2.70. The average Bonchev–Trinajstić information content (AvgIpc) is 3.02. The Balaban J connectivity index is 1.49. The molecule has 2 saturated heterocycles. The number of carboxylic acid groups (broad SMARTS) is 1. The van der Waals surface area contributed by atoms with Crippen LogP contribution < -0.4 is 0 Å². The second kappa shape index (κ2) is 13.7. The van der Waals surface area contributed by atoms with Gasteiger partial charge in [-0.15, -0.1) is 5.06 Å². The third-order valence-electron chi connectivity index (χ3n) is 10.1. The number of hydrogen-bond donors (Lipinski definition) is 1. The van der Waals surface area contributed by atoms with Crippen molar-refractivity contribution in [3.05, 3.63) is 107 Å². The SMILES string of the molecule is CC1(C)CC(C2C(OC(=O)c3cccc(C(=O)O)c3)CC(C)(C)N(OCc3ccccc3)C2(C)C)CC(C)(C)N1OC(=O)c1ccccc1. The summed E-state index contributed by atoms with van der Waals surface area (Å²) < 4.78 is 6.43. The molecule has 0 saturated carbocycles. The molecule has 2 heterocycles. The third kappa shape index (κ3) is 7.74. The highest BCUT2D eigenvalue weighted by atomic mass is 16.7. The van der Waals surface area contributed by atoms with Crippen LogP contribution in [0.25, 0.3) is 0 Å². The first-order valence-corrected chi connectivity index (χ1v) is 17.0. The molecular formula is C40H50N2O7. The largest absolute Gasteiger partial charge is 0.478 e. The van der Waals surface area contributed by atoms with Crippen LogP contribution in [0.2, 0.25) is 0 Å². The average molecular weight is 671 g/mol. The maximum atomic E-state index is 13.8. The summed E-state index contributed by atoms with van der Waals surface area (Å²) in [5.41, 5.74) is -0.536. The number of hydroxylamine groups is 4. The van der Waals surface area contributed by atoms with E-state index in [1.54, 1.807) is 24.3 Å². The normalized spacial score (nSPS) is 23.3. The molecule has 0 radical (unpaired) electrons. The molecule has 1 N–H and O–H groups in total. The van der Waals surface area contributed by atoms with E-state index in [9.17, 15) is 19.5 Å². The maximum absolute atomic E-state index is 13.8. The fraction of sp³-hybridized carbons (Fsp3) is 0.475. The molecule has 5 rings (SSSR count). The Bertz CT molecular complexity index is 1630. The monoisotopic (exact) mass is 670 g/mol. The highest BCUT2D eigenvalue weighted by Crippen LogP contribution is 2.53. The van der Waals surface area contributed by atoms with Gasteiger partial charge in [-0.25, -0.2) is 14.4 Å². The lowest BCUT2D eigenvalue weighted by Gasteiger charge is -2.62. The molecule has 9 nitrogen and oxygen atoms in total. The Morgan fingerprint density at radius 2 is 1.20 bits per heavy atom. The highest BCUT2D eigenvalue weighted by molar-refractivity contribution is 5.94. The second-order valence-electron chi connectivity index (χ2n) is 15.9. The summed E-state index contributed by atoms with van der Waals surface area (Å²) in [7, 11) is 0. The van der Waals surface area contributed by atoms with E-state index >= 15 is 0 Å². The van der Waals surface area contributed by atoms with Gasteiger partial charge in [0.15, 0.2) is 0 Å². The number of benzene rings is 3. The van der Waals surface area contributed by atoms with E-state index in [1.807, 2.05) is 53.6 Å². The molecule has 2 aliphatic heterocycles. The van der Waals surface area contributed by atoms with Crippen LogP contribution >= 0.6 is 0 Å². The fourth-order valence-electron chi connectivity index (χ4n) is 8.66. The summed E-state index contributed by atoms with van der Waals surface area (Å²) >= 11 is 0. The van der Waals surface area contributed by atoms with E-state index in [0.29, 0.717) is 31.4 Å². The first-order valence-electron chi connectivity index (χ1n) is 17.0. The summed E-state index contributed by atoms with van der Waals surface area (Å²) in [4.78, 5) is 51.5. The smallest absolute Gasteiger partial charge is 0.357 e. The number of carbonyl (C=O) groups excluding carboxylic acids is 2. The molecule has 3 aromatic rings. The van der Waals surface area contributed by atoms with Crippen LogP contribution in [0, 0.1) is 11.8 Å². The van der Waals surface area contributed by atoms with Gasteiger partial charge in [0.1, 0.15) is 6.10 Å². The van der Waals surface area contributed by atoms with Gasteiger partial charge in [-0.3, -0.25) is 4.84 Å².